The highest BCUT2D eigenvalue weighted by Gasteiger charge is 2.34. The van der Waals surface area contributed by atoms with Gasteiger partial charge in [0.2, 0.25) is 5.91 Å². The minimum atomic E-state index is -0.423. The Balaban J connectivity index is 0.00000180. The summed E-state index contributed by atoms with van der Waals surface area (Å²) in [6, 6.07) is 7.96. The van der Waals surface area contributed by atoms with Crippen molar-refractivity contribution in [1.29, 1.82) is 0 Å². The first-order valence-corrected chi connectivity index (χ1v) is 7.57. The van der Waals surface area contributed by atoms with E-state index in [1.165, 1.54) is 0 Å². The molecular weight excluding hydrogens is 280 g/mol. The summed E-state index contributed by atoms with van der Waals surface area (Å²) < 4.78 is 0. The van der Waals surface area contributed by atoms with Crippen LogP contribution in [0.15, 0.2) is 29.2 Å². The Morgan fingerprint density at radius 2 is 2.21 bits per heavy atom. The molecule has 0 bridgehead atoms. The number of rotatable bonds is 3. The van der Waals surface area contributed by atoms with Crippen LogP contribution in [0.1, 0.15) is 26.2 Å². The summed E-state index contributed by atoms with van der Waals surface area (Å²) in [5, 5.41) is 6.34. The molecule has 1 aliphatic heterocycles. The minimum absolute atomic E-state index is 0. The van der Waals surface area contributed by atoms with Gasteiger partial charge in [-0.1, -0.05) is 6.07 Å². The topological polar surface area (TPSA) is 41.1 Å². The first-order chi connectivity index (χ1) is 8.64. The summed E-state index contributed by atoms with van der Waals surface area (Å²) in [5.41, 5.74) is 0.452. The maximum atomic E-state index is 12.3. The number of carbonyl (C=O) groups is 1. The van der Waals surface area contributed by atoms with E-state index in [2.05, 4.69) is 10.6 Å². The van der Waals surface area contributed by atoms with Gasteiger partial charge in [0, 0.05) is 10.6 Å². The van der Waals surface area contributed by atoms with Gasteiger partial charge < -0.3 is 10.6 Å². The van der Waals surface area contributed by atoms with E-state index in [1.807, 2.05) is 37.4 Å². The van der Waals surface area contributed by atoms with Gasteiger partial charge in [0.25, 0.3) is 0 Å². The van der Waals surface area contributed by atoms with Gasteiger partial charge in [-0.25, -0.2) is 0 Å². The van der Waals surface area contributed by atoms with Crippen molar-refractivity contribution in [3.63, 3.8) is 0 Å². The summed E-state index contributed by atoms with van der Waals surface area (Å²) in [4.78, 5) is 13.5. The molecule has 0 saturated carbocycles. The van der Waals surface area contributed by atoms with Crippen molar-refractivity contribution in [2.24, 2.45) is 0 Å². The number of hydrogen-bond acceptors (Lipinski definition) is 3. The molecule has 1 aromatic rings. The molecule has 1 amide bonds. The number of hydrogen-bond donors (Lipinski definition) is 2. The average Bonchev–Trinajstić information content (AvgIpc) is 2.40. The number of anilines is 1. The Morgan fingerprint density at radius 1 is 1.42 bits per heavy atom. The Bertz CT molecular complexity index is 433. The molecule has 0 radical (unpaired) electrons. The normalized spacial score (nSPS) is 22.4. The summed E-state index contributed by atoms with van der Waals surface area (Å²) in [7, 11) is 0. The number of halogens is 1. The molecule has 1 aromatic carbocycles. The predicted octanol–water partition coefficient (Wildman–Crippen LogP) is 3.30. The molecule has 5 heteroatoms. The zero-order chi connectivity index (χ0) is 13.0. The third-order valence-corrected chi connectivity index (χ3v) is 4.17. The van der Waals surface area contributed by atoms with E-state index in [4.69, 9.17) is 0 Å². The van der Waals surface area contributed by atoms with Crippen LogP contribution in [0.2, 0.25) is 0 Å². The Morgan fingerprint density at radius 3 is 2.84 bits per heavy atom. The molecule has 0 aromatic heterocycles. The highest BCUT2D eigenvalue weighted by Crippen LogP contribution is 2.23. The van der Waals surface area contributed by atoms with Crippen LogP contribution < -0.4 is 10.6 Å². The van der Waals surface area contributed by atoms with E-state index in [0.717, 1.165) is 36.4 Å². The highest BCUT2D eigenvalue weighted by atomic mass is 35.5. The molecule has 3 nitrogen and oxygen atoms in total. The third kappa shape index (κ3) is 4.13. The van der Waals surface area contributed by atoms with Crippen molar-refractivity contribution in [2.45, 2.75) is 36.6 Å². The molecule has 1 aliphatic rings. The quantitative estimate of drug-likeness (QED) is 0.842. The summed E-state index contributed by atoms with van der Waals surface area (Å²) >= 11 is 1.68. The van der Waals surface area contributed by atoms with Crippen molar-refractivity contribution in [2.75, 3.05) is 18.1 Å². The molecule has 2 rings (SSSR count). The second kappa shape index (κ2) is 7.17. The van der Waals surface area contributed by atoms with Crippen LogP contribution in [0.5, 0.6) is 0 Å². The van der Waals surface area contributed by atoms with Crippen molar-refractivity contribution in [1.82, 2.24) is 5.32 Å². The molecule has 2 N–H and O–H groups in total. The standard InChI is InChI=1S/C14H20N2OS.ClH/c1-14(8-3-4-9-15-14)13(17)16-11-6-5-7-12(10-11)18-2;/h5-7,10,15H,3-4,8-9H2,1-2H3,(H,16,17);1H. The van der Waals surface area contributed by atoms with Crippen LogP contribution in [0.3, 0.4) is 0 Å². The third-order valence-electron chi connectivity index (χ3n) is 3.45. The molecule has 106 valence electrons. The van der Waals surface area contributed by atoms with Crippen LogP contribution in [0, 0.1) is 0 Å². The molecule has 1 saturated heterocycles. The first-order valence-electron chi connectivity index (χ1n) is 6.34. The number of benzene rings is 1. The second-order valence-electron chi connectivity index (χ2n) is 4.90. The largest absolute Gasteiger partial charge is 0.324 e. The van der Waals surface area contributed by atoms with Gasteiger partial charge in [0.1, 0.15) is 0 Å². The maximum absolute atomic E-state index is 12.3. The van der Waals surface area contributed by atoms with Crippen LogP contribution in [-0.4, -0.2) is 24.2 Å². The van der Waals surface area contributed by atoms with Crippen molar-refractivity contribution in [3.8, 4) is 0 Å². The predicted molar refractivity (Wildman–Crippen MR) is 84.4 cm³/mol. The van der Waals surface area contributed by atoms with Crippen molar-refractivity contribution in [3.05, 3.63) is 24.3 Å². The van der Waals surface area contributed by atoms with E-state index in [0.29, 0.717) is 0 Å². The minimum Gasteiger partial charge on any atom is -0.324 e. The van der Waals surface area contributed by atoms with E-state index in [-0.39, 0.29) is 18.3 Å². The van der Waals surface area contributed by atoms with Gasteiger partial charge in [-0.05, 0) is 57.2 Å². The van der Waals surface area contributed by atoms with Crippen LogP contribution in [0.25, 0.3) is 0 Å². The van der Waals surface area contributed by atoms with Gasteiger partial charge in [0.05, 0.1) is 5.54 Å². The fourth-order valence-corrected chi connectivity index (χ4v) is 2.68. The zero-order valence-corrected chi connectivity index (χ0v) is 13.0. The summed E-state index contributed by atoms with van der Waals surface area (Å²) in [6.07, 6.45) is 5.21. The maximum Gasteiger partial charge on any atom is 0.244 e. The molecule has 1 atom stereocenters. The van der Waals surface area contributed by atoms with Crippen LogP contribution in [-0.2, 0) is 4.79 Å². The van der Waals surface area contributed by atoms with E-state index >= 15 is 0 Å². The van der Waals surface area contributed by atoms with Gasteiger partial charge in [-0.2, -0.15) is 0 Å². The zero-order valence-electron chi connectivity index (χ0n) is 11.4. The Hall–Kier alpha value is -0.710. The van der Waals surface area contributed by atoms with E-state index in [9.17, 15) is 4.79 Å². The van der Waals surface area contributed by atoms with Crippen LogP contribution >= 0.6 is 24.2 Å². The summed E-state index contributed by atoms with van der Waals surface area (Å²) in [5.74, 6) is 0.0699. The number of amides is 1. The fourth-order valence-electron chi connectivity index (χ4n) is 2.22. The lowest BCUT2D eigenvalue weighted by molar-refractivity contribution is -0.122. The van der Waals surface area contributed by atoms with Gasteiger partial charge >= 0.3 is 0 Å². The summed E-state index contributed by atoms with van der Waals surface area (Å²) in [6.45, 7) is 2.91. The van der Waals surface area contributed by atoms with E-state index < -0.39 is 5.54 Å². The van der Waals surface area contributed by atoms with Gasteiger partial charge in [-0.15, -0.1) is 24.2 Å². The van der Waals surface area contributed by atoms with Gasteiger partial charge in [-0.3, -0.25) is 4.79 Å². The fraction of sp³-hybridized carbons (Fsp3) is 0.500. The number of thioether (sulfide) groups is 1. The average molecular weight is 301 g/mol. The van der Waals surface area contributed by atoms with Crippen molar-refractivity contribution < 1.29 is 4.79 Å². The monoisotopic (exact) mass is 300 g/mol. The Kier molecular flexibility index (Phi) is 6.17. The van der Waals surface area contributed by atoms with Crippen LogP contribution in [0.4, 0.5) is 5.69 Å². The number of carbonyl (C=O) groups excluding carboxylic acids is 1. The smallest absolute Gasteiger partial charge is 0.244 e. The Labute approximate surface area is 125 Å². The molecule has 19 heavy (non-hydrogen) atoms. The lowest BCUT2D eigenvalue weighted by Gasteiger charge is -2.33. The second-order valence-corrected chi connectivity index (χ2v) is 5.78. The highest BCUT2D eigenvalue weighted by molar-refractivity contribution is 7.98. The first kappa shape index (κ1) is 16.3. The number of piperidine rings is 1. The van der Waals surface area contributed by atoms with Crippen molar-refractivity contribution >= 4 is 35.8 Å². The number of nitrogens with one attached hydrogen (secondary N) is 2. The lowest BCUT2D eigenvalue weighted by atomic mass is 9.90. The van der Waals surface area contributed by atoms with E-state index in [1.54, 1.807) is 11.8 Å². The molecule has 0 aliphatic carbocycles. The molecule has 1 unspecified atom stereocenters. The SMILES string of the molecule is CSc1cccc(NC(=O)C2(C)CCCCN2)c1.Cl. The lowest BCUT2D eigenvalue weighted by Crippen LogP contribution is -2.54. The molecule has 1 heterocycles. The molecular formula is C14H21ClN2OS. The molecule has 0 spiro atoms. The molecule has 1 fully saturated rings. The van der Waals surface area contributed by atoms with Gasteiger partial charge in [0.15, 0.2) is 0 Å².